The summed E-state index contributed by atoms with van der Waals surface area (Å²) in [6.45, 7) is 5.23. The molecule has 0 heterocycles. The fraction of sp³-hybridized carbons (Fsp3) is 1.00. The van der Waals surface area contributed by atoms with Crippen molar-refractivity contribution in [1.29, 1.82) is 0 Å². The Balaban J connectivity index is 3.60. The van der Waals surface area contributed by atoms with Crippen LogP contribution in [0.1, 0.15) is 33.1 Å². The summed E-state index contributed by atoms with van der Waals surface area (Å²) in [5, 5.41) is 0.607. The molecule has 0 fully saturated rings. The van der Waals surface area contributed by atoms with E-state index in [1.54, 1.807) is 7.11 Å². The first-order valence-electron chi connectivity index (χ1n) is 5.12. The standard InChI is InChI=1S/C10H23NOS/c1-4-6-9(11)10(5-2)13-8-7-12-3/h9-10H,4-8,11H2,1-3H3. The highest BCUT2D eigenvalue weighted by atomic mass is 32.2. The zero-order chi connectivity index (χ0) is 10.1. The van der Waals surface area contributed by atoms with Gasteiger partial charge in [-0.15, -0.1) is 0 Å². The van der Waals surface area contributed by atoms with Gasteiger partial charge < -0.3 is 10.5 Å². The number of rotatable bonds is 8. The molecule has 0 spiro atoms. The molecule has 13 heavy (non-hydrogen) atoms. The zero-order valence-corrected chi connectivity index (χ0v) is 9.90. The lowest BCUT2D eigenvalue weighted by Gasteiger charge is -2.21. The Kier molecular flexibility index (Phi) is 9.03. The number of ether oxygens (including phenoxy) is 1. The minimum atomic E-state index is 0.358. The van der Waals surface area contributed by atoms with Gasteiger partial charge in [0, 0.05) is 24.2 Å². The molecule has 0 aromatic carbocycles. The molecule has 0 aliphatic heterocycles. The van der Waals surface area contributed by atoms with Crippen LogP contribution in [-0.4, -0.2) is 30.8 Å². The van der Waals surface area contributed by atoms with E-state index in [0.29, 0.717) is 11.3 Å². The molecule has 0 aromatic heterocycles. The van der Waals surface area contributed by atoms with Crippen molar-refractivity contribution in [2.45, 2.75) is 44.4 Å². The van der Waals surface area contributed by atoms with Crippen molar-refractivity contribution in [2.24, 2.45) is 5.73 Å². The third-order valence-corrected chi connectivity index (χ3v) is 3.63. The van der Waals surface area contributed by atoms with Crippen LogP contribution in [0, 0.1) is 0 Å². The molecule has 2 nitrogen and oxygen atoms in total. The van der Waals surface area contributed by atoms with Gasteiger partial charge in [-0.1, -0.05) is 20.3 Å². The first-order valence-corrected chi connectivity index (χ1v) is 6.17. The van der Waals surface area contributed by atoms with E-state index in [1.165, 1.54) is 6.42 Å². The van der Waals surface area contributed by atoms with Gasteiger partial charge in [0.15, 0.2) is 0 Å². The number of hydrogen-bond acceptors (Lipinski definition) is 3. The number of hydrogen-bond donors (Lipinski definition) is 1. The summed E-state index contributed by atoms with van der Waals surface area (Å²) in [4.78, 5) is 0. The molecule has 0 rings (SSSR count). The molecule has 2 N–H and O–H groups in total. The van der Waals surface area contributed by atoms with Crippen LogP contribution >= 0.6 is 11.8 Å². The average molecular weight is 205 g/mol. The Morgan fingerprint density at radius 1 is 1.38 bits per heavy atom. The van der Waals surface area contributed by atoms with Crippen LogP contribution in [-0.2, 0) is 4.74 Å². The second kappa shape index (κ2) is 8.85. The van der Waals surface area contributed by atoms with Crippen molar-refractivity contribution in [1.82, 2.24) is 0 Å². The predicted octanol–water partition coefficient (Wildman–Crippen LogP) is 2.27. The van der Waals surface area contributed by atoms with Gasteiger partial charge in [-0.2, -0.15) is 11.8 Å². The van der Waals surface area contributed by atoms with Gasteiger partial charge in [0.1, 0.15) is 0 Å². The summed E-state index contributed by atoms with van der Waals surface area (Å²) in [5.74, 6) is 1.06. The molecule has 2 unspecified atom stereocenters. The topological polar surface area (TPSA) is 35.2 Å². The van der Waals surface area contributed by atoms with E-state index >= 15 is 0 Å². The second-order valence-electron chi connectivity index (χ2n) is 3.26. The maximum atomic E-state index is 6.06. The molecule has 3 heteroatoms. The van der Waals surface area contributed by atoms with Gasteiger partial charge in [0.05, 0.1) is 6.61 Å². The molecular formula is C10H23NOS. The molecule has 0 aliphatic rings. The van der Waals surface area contributed by atoms with Gasteiger partial charge >= 0.3 is 0 Å². The van der Waals surface area contributed by atoms with E-state index < -0.39 is 0 Å². The fourth-order valence-corrected chi connectivity index (χ4v) is 2.53. The molecular weight excluding hydrogens is 182 g/mol. The lowest BCUT2D eigenvalue weighted by Crippen LogP contribution is -2.32. The minimum Gasteiger partial charge on any atom is -0.384 e. The minimum absolute atomic E-state index is 0.358. The molecule has 0 saturated heterocycles. The third kappa shape index (κ3) is 6.36. The van der Waals surface area contributed by atoms with Crippen molar-refractivity contribution in [3.8, 4) is 0 Å². The van der Waals surface area contributed by atoms with E-state index in [4.69, 9.17) is 10.5 Å². The quantitative estimate of drug-likeness (QED) is 0.617. The van der Waals surface area contributed by atoms with Crippen LogP contribution in [0.2, 0.25) is 0 Å². The van der Waals surface area contributed by atoms with Crippen molar-refractivity contribution in [2.75, 3.05) is 19.5 Å². The normalized spacial score (nSPS) is 15.7. The van der Waals surface area contributed by atoms with E-state index in [9.17, 15) is 0 Å². The zero-order valence-electron chi connectivity index (χ0n) is 9.08. The van der Waals surface area contributed by atoms with Gasteiger partial charge in [-0.05, 0) is 12.8 Å². The molecule has 0 bridgehead atoms. The smallest absolute Gasteiger partial charge is 0.0553 e. The summed E-state index contributed by atoms with van der Waals surface area (Å²) in [6, 6.07) is 0.358. The Morgan fingerprint density at radius 2 is 2.08 bits per heavy atom. The largest absolute Gasteiger partial charge is 0.384 e. The Labute approximate surface area is 86.6 Å². The summed E-state index contributed by atoms with van der Waals surface area (Å²) in [5.41, 5.74) is 6.06. The van der Waals surface area contributed by atoms with Gasteiger partial charge in [-0.3, -0.25) is 0 Å². The van der Waals surface area contributed by atoms with Crippen LogP contribution < -0.4 is 5.73 Å². The SMILES string of the molecule is CCCC(N)C(CC)SCCOC. The molecule has 0 amide bonds. The number of thioether (sulfide) groups is 1. The maximum absolute atomic E-state index is 6.06. The van der Waals surface area contributed by atoms with Crippen molar-refractivity contribution >= 4 is 11.8 Å². The summed E-state index contributed by atoms with van der Waals surface area (Å²) in [6.07, 6.45) is 3.48. The molecule has 80 valence electrons. The first kappa shape index (κ1) is 13.3. The molecule has 0 saturated carbocycles. The highest BCUT2D eigenvalue weighted by molar-refractivity contribution is 7.99. The van der Waals surface area contributed by atoms with Gasteiger partial charge in [0.25, 0.3) is 0 Å². The lowest BCUT2D eigenvalue weighted by molar-refractivity contribution is 0.218. The maximum Gasteiger partial charge on any atom is 0.0553 e. The summed E-state index contributed by atoms with van der Waals surface area (Å²) < 4.78 is 5.01. The third-order valence-electron chi connectivity index (χ3n) is 2.12. The number of nitrogens with two attached hydrogens (primary N) is 1. The van der Waals surface area contributed by atoms with E-state index in [1.807, 2.05) is 11.8 Å². The van der Waals surface area contributed by atoms with Crippen LogP contribution in [0.5, 0.6) is 0 Å². The number of methoxy groups -OCH3 is 1. The summed E-state index contributed by atoms with van der Waals surface area (Å²) >= 11 is 1.94. The molecule has 0 aliphatic carbocycles. The van der Waals surface area contributed by atoms with Crippen molar-refractivity contribution < 1.29 is 4.74 Å². The highest BCUT2D eigenvalue weighted by Crippen LogP contribution is 2.19. The monoisotopic (exact) mass is 205 g/mol. The summed E-state index contributed by atoms with van der Waals surface area (Å²) in [7, 11) is 1.74. The Hall–Kier alpha value is 0.270. The van der Waals surface area contributed by atoms with Crippen molar-refractivity contribution in [3.63, 3.8) is 0 Å². The van der Waals surface area contributed by atoms with E-state index in [-0.39, 0.29) is 0 Å². The molecule has 0 radical (unpaired) electrons. The highest BCUT2D eigenvalue weighted by Gasteiger charge is 2.14. The van der Waals surface area contributed by atoms with E-state index in [0.717, 1.165) is 25.2 Å². The second-order valence-corrected chi connectivity index (χ2v) is 4.61. The van der Waals surface area contributed by atoms with Crippen LogP contribution in [0.3, 0.4) is 0 Å². The lowest BCUT2D eigenvalue weighted by atomic mass is 10.1. The van der Waals surface area contributed by atoms with Gasteiger partial charge in [0.2, 0.25) is 0 Å². The Morgan fingerprint density at radius 3 is 2.54 bits per heavy atom. The van der Waals surface area contributed by atoms with Crippen molar-refractivity contribution in [3.05, 3.63) is 0 Å². The predicted molar refractivity (Wildman–Crippen MR) is 61.3 cm³/mol. The van der Waals surface area contributed by atoms with Crippen LogP contribution in [0.4, 0.5) is 0 Å². The van der Waals surface area contributed by atoms with Crippen LogP contribution in [0.15, 0.2) is 0 Å². The first-order chi connectivity index (χ1) is 6.26. The molecule has 0 aromatic rings. The average Bonchev–Trinajstić information content (AvgIpc) is 2.13. The van der Waals surface area contributed by atoms with Gasteiger partial charge in [-0.25, -0.2) is 0 Å². The van der Waals surface area contributed by atoms with E-state index in [2.05, 4.69) is 13.8 Å². The van der Waals surface area contributed by atoms with Crippen LogP contribution in [0.25, 0.3) is 0 Å². The molecule has 2 atom stereocenters. The Bertz CT molecular complexity index is 111. The fourth-order valence-electron chi connectivity index (χ4n) is 1.35.